The average molecular weight is 96.1 g/mol. The van der Waals surface area contributed by atoms with Crippen LogP contribution in [0.5, 0.6) is 0 Å². The lowest BCUT2D eigenvalue weighted by molar-refractivity contribution is 0.804. The molecule has 0 heterocycles. The van der Waals surface area contributed by atoms with E-state index >= 15 is 0 Å². The Morgan fingerprint density at radius 2 is 2.57 bits per heavy atom. The van der Waals surface area contributed by atoms with Crippen molar-refractivity contribution in [3.8, 4) is 6.07 Å². The fraction of sp³-hybridized carbons (Fsp3) is 0.800. The largest absolute Gasteiger partial charge is 0.330 e. The molecule has 38 valence electrons. The molecule has 0 amide bonds. The summed E-state index contributed by atoms with van der Waals surface area (Å²) in [4.78, 5) is 0. The first-order chi connectivity index (χ1) is 3.38. The van der Waals surface area contributed by atoms with E-state index in [4.69, 9.17) is 11.0 Å². The van der Waals surface area contributed by atoms with Crippen LogP contribution in [-0.4, -0.2) is 6.54 Å². The molecule has 2 nitrogen and oxygen atoms in total. The highest BCUT2D eigenvalue weighted by molar-refractivity contribution is 5.01. The molecule has 0 aliphatic heterocycles. The molecule has 0 aromatic rings. The molecule has 1 rings (SSSR count). The van der Waals surface area contributed by atoms with Gasteiger partial charge >= 0.3 is 0 Å². The average Bonchev–Trinajstić information content (AvgIpc) is 2.43. The SMILES string of the molecule is N#CC1CC1CN. The van der Waals surface area contributed by atoms with Crippen LogP contribution in [0, 0.1) is 23.2 Å². The van der Waals surface area contributed by atoms with Gasteiger partial charge in [-0.2, -0.15) is 5.26 Å². The highest BCUT2D eigenvalue weighted by atomic mass is 14.6. The minimum atomic E-state index is 0.296. The minimum Gasteiger partial charge on any atom is -0.330 e. The zero-order valence-corrected chi connectivity index (χ0v) is 4.09. The third-order valence-electron chi connectivity index (χ3n) is 1.39. The molecular formula is C5H8N2. The first-order valence-electron chi connectivity index (χ1n) is 2.48. The van der Waals surface area contributed by atoms with Crippen LogP contribution in [0.2, 0.25) is 0 Å². The highest BCUT2D eigenvalue weighted by Gasteiger charge is 2.35. The normalized spacial score (nSPS) is 37.1. The maximum atomic E-state index is 8.20. The Bertz CT molecular complexity index is 103. The first-order valence-corrected chi connectivity index (χ1v) is 2.48. The summed E-state index contributed by atoms with van der Waals surface area (Å²) in [5, 5.41) is 8.20. The van der Waals surface area contributed by atoms with E-state index in [9.17, 15) is 0 Å². The lowest BCUT2D eigenvalue weighted by Crippen LogP contribution is -2.01. The molecule has 0 spiro atoms. The first kappa shape index (κ1) is 4.61. The zero-order chi connectivity index (χ0) is 5.28. The molecule has 1 fully saturated rings. The number of nitrogens with two attached hydrogens (primary N) is 1. The second-order valence-corrected chi connectivity index (χ2v) is 1.97. The predicted molar refractivity (Wildman–Crippen MR) is 26.3 cm³/mol. The Hall–Kier alpha value is -0.550. The highest BCUT2D eigenvalue weighted by Crippen LogP contribution is 2.35. The Labute approximate surface area is 42.9 Å². The van der Waals surface area contributed by atoms with Gasteiger partial charge < -0.3 is 5.73 Å². The van der Waals surface area contributed by atoms with E-state index in [2.05, 4.69) is 6.07 Å². The maximum Gasteiger partial charge on any atom is 0.0659 e. The molecule has 1 saturated carbocycles. The van der Waals surface area contributed by atoms with Gasteiger partial charge in [-0.25, -0.2) is 0 Å². The van der Waals surface area contributed by atoms with Crippen molar-refractivity contribution in [3.63, 3.8) is 0 Å². The van der Waals surface area contributed by atoms with Crippen LogP contribution < -0.4 is 5.73 Å². The van der Waals surface area contributed by atoms with E-state index in [1.165, 1.54) is 0 Å². The van der Waals surface area contributed by atoms with Gasteiger partial charge in [0.15, 0.2) is 0 Å². The molecule has 7 heavy (non-hydrogen) atoms. The fourth-order valence-electron chi connectivity index (χ4n) is 0.666. The van der Waals surface area contributed by atoms with Crippen molar-refractivity contribution >= 4 is 0 Å². The van der Waals surface area contributed by atoms with Crippen LogP contribution in [0.1, 0.15) is 6.42 Å². The van der Waals surface area contributed by atoms with Gasteiger partial charge in [0.25, 0.3) is 0 Å². The summed E-state index contributed by atoms with van der Waals surface area (Å²) in [6.07, 6.45) is 1.03. The lowest BCUT2D eigenvalue weighted by atomic mass is 10.3. The third kappa shape index (κ3) is 0.726. The molecular weight excluding hydrogens is 88.1 g/mol. The second kappa shape index (κ2) is 1.51. The molecule has 2 N–H and O–H groups in total. The summed E-state index contributed by atoms with van der Waals surface area (Å²) in [6.45, 7) is 0.693. The van der Waals surface area contributed by atoms with Crippen LogP contribution in [0.25, 0.3) is 0 Å². The summed E-state index contributed by atoms with van der Waals surface area (Å²) in [7, 11) is 0. The summed E-state index contributed by atoms with van der Waals surface area (Å²) >= 11 is 0. The number of nitrogens with zero attached hydrogens (tertiary/aromatic N) is 1. The van der Waals surface area contributed by atoms with E-state index in [0.29, 0.717) is 18.4 Å². The molecule has 0 aromatic carbocycles. The molecule has 1 aliphatic carbocycles. The number of hydrogen-bond donors (Lipinski definition) is 1. The van der Waals surface area contributed by atoms with Crippen molar-refractivity contribution in [3.05, 3.63) is 0 Å². The Kier molecular flexibility index (Phi) is 0.994. The topological polar surface area (TPSA) is 49.8 Å². The van der Waals surface area contributed by atoms with E-state index in [1.54, 1.807) is 0 Å². The van der Waals surface area contributed by atoms with Crippen LogP contribution in [-0.2, 0) is 0 Å². The standard InChI is InChI=1S/C5H8N2/c6-2-4-1-5(4)3-7/h4-5H,1-2,6H2. The van der Waals surface area contributed by atoms with E-state index in [0.717, 1.165) is 6.42 Å². The Morgan fingerprint density at radius 1 is 1.86 bits per heavy atom. The van der Waals surface area contributed by atoms with Gasteiger partial charge in [0.05, 0.1) is 12.0 Å². The molecule has 0 bridgehead atoms. The Balaban J connectivity index is 2.21. The van der Waals surface area contributed by atoms with Gasteiger partial charge in [0.2, 0.25) is 0 Å². The van der Waals surface area contributed by atoms with Gasteiger partial charge in [-0.05, 0) is 18.9 Å². The van der Waals surface area contributed by atoms with Crippen molar-refractivity contribution in [1.82, 2.24) is 0 Å². The van der Waals surface area contributed by atoms with E-state index in [-0.39, 0.29) is 0 Å². The Morgan fingerprint density at radius 3 is 2.71 bits per heavy atom. The van der Waals surface area contributed by atoms with Crippen molar-refractivity contribution < 1.29 is 0 Å². The molecule has 1 aliphatic rings. The second-order valence-electron chi connectivity index (χ2n) is 1.97. The van der Waals surface area contributed by atoms with Crippen LogP contribution in [0.4, 0.5) is 0 Å². The summed E-state index contributed by atoms with van der Waals surface area (Å²) < 4.78 is 0. The van der Waals surface area contributed by atoms with Gasteiger partial charge in [-0.1, -0.05) is 0 Å². The smallest absolute Gasteiger partial charge is 0.0659 e. The predicted octanol–water partition coefficient (Wildman–Crippen LogP) is 0.105. The van der Waals surface area contributed by atoms with Crippen LogP contribution in [0.3, 0.4) is 0 Å². The van der Waals surface area contributed by atoms with Gasteiger partial charge in [-0.15, -0.1) is 0 Å². The maximum absolute atomic E-state index is 8.20. The van der Waals surface area contributed by atoms with Crippen LogP contribution in [0.15, 0.2) is 0 Å². The molecule has 0 aromatic heterocycles. The third-order valence-corrected chi connectivity index (χ3v) is 1.39. The molecule has 0 saturated heterocycles. The monoisotopic (exact) mass is 96.1 g/mol. The van der Waals surface area contributed by atoms with E-state index in [1.807, 2.05) is 0 Å². The van der Waals surface area contributed by atoms with Gasteiger partial charge in [0.1, 0.15) is 0 Å². The molecule has 0 radical (unpaired) electrons. The minimum absolute atomic E-state index is 0.296. The van der Waals surface area contributed by atoms with Crippen molar-refractivity contribution in [2.45, 2.75) is 6.42 Å². The van der Waals surface area contributed by atoms with Crippen molar-refractivity contribution in [2.24, 2.45) is 17.6 Å². The summed E-state index contributed by atoms with van der Waals surface area (Å²) in [5.74, 6) is 0.829. The molecule has 2 atom stereocenters. The van der Waals surface area contributed by atoms with Crippen molar-refractivity contribution in [2.75, 3.05) is 6.54 Å². The fourth-order valence-corrected chi connectivity index (χ4v) is 0.666. The number of hydrogen-bond acceptors (Lipinski definition) is 2. The summed E-state index contributed by atoms with van der Waals surface area (Å²) in [6, 6.07) is 2.16. The molecule has 2 heteroatoms. The zero-order valence-electron chi connectivity index (χ0n) is 4.09. The quantitative estimate of drug-likeness (QED) is 0.503. The van der Waals surface area contributed by atoms with Gasteiger partial charge in [-0.3, -0.25) is 0 Å². The number of rotatable bonds is 1. The lowest BCUT2D eigenvalue weighted by Gasteiger charge is -1.78. The summed E-state index contributed by atoms with van der Waals surface area (Å²) in [5.41, 5.74) is 5.25. The number of nitriles is 1. The van der Waals surface area contributed by atoms with Gasteiger partial charge in [0, 0.05) is 0 Å². The van der Waals surface area contributed by atoms with Crippen LogP contribution >= 0.6 is 0 Å². The molecule has 2 unspecified atom stereocenters. The van der Waals surface area contributed by atoms with E-state index < -0.39 is 0 Å². The van der Waals surface area contributed by atoms with Crippen molar-refractivity contribution in [1.29, 1.82) is 5.26 Å².